The molecule has 11 aromatic rings. The average molecular weight is 716 g/mol. The molecule has 4 aromatic heterocycles. The topological polar surface area (TPSA) is 48.5 Å². The van der Waals surface area contributed by atoms with E-state index in [-0.39, 0.29) is 0 Å². The molecular weight excluding hydrogens is 683 g/mol. The third kappa shape index (κ3) is 5.29. The van der Waals surface area contributed by atoms with Crippen molar-refractivity contribution in [2.75, 3.05) is 0 Å². The van der Waals surface area contributed by atoms with E-state index in [0.717, 1.165) is 83.5 Å². The van der Waals surface area contributed by atoms with Crippen LogP contribution in [0.4, 0.5) is 0 Å². The minimum atomic E-state index is 0.704. The van der Waals surface area contributed by atoms with Gasteiger partial charge in [-0.05, 0) is 83.9 Å². The summed E-state index contributed by atoms with van der Waals surface area (Å²) < 4.78 is 4.68. The number of rotatable bonds is 6. The summed E-state index contributed by atoms with van der Waals surface area (Å²) in [7, 11) is 0. The molecule has 0 radical (unpaired) electrons. The first kappa shape index (κ1) is 31.9. The predicted octanol–water partition coefficient (Wildman–Crippen LogP) is 12.7. The molecule has 262 valence electrons. The molecule has 0 spiro atoms. The Morgan fingerprint density at radius 1 is 0.321 bits per heavy atom. The summed E-state index contributed by atoms with van der Waals surface area (Å²) in [5, 5.41) is 3.54. The van der Waals surface area contributed by atoms with Crippen molar-refractivity contribution < 1.29 is 0 Å². The fourth-order valence-electron chi connectivity index (χ4n) is 8.17. The Hall–Kier alpha value is -7.63. The lowest BCUT2D eigenvalue weighted by atomic mass is 10.0. The van der Waals surface area contributed by atoms with Crippen LogP contribution < -0.4 is 0 Å². The molecule has 0 bridgehead atoms. The van der Waals surface area contributed by atoms with Crippen molar-refractivity contribution in [2.24, 2.45) is 0 Å². The van der Waals surface area contributed by atoms with Crippen LogP contribution >= 0.6 is 0 Å². The maximum absolute atomic E-state index is 5.12. The van der Waals surface area contributed by atoms with E-state index >= 15 is 0 Å². The first-order valence-electron chi connectivity index (χ1n) is 18.9. The van der Waals surface area contributed by atoms with Crippen molar-refractivity contribution in [2.45, 2.75) is 0 Å². The minimum Gasteiger partial charge on any atom is -0.309 e. The van der Waals surface area contributed by atoms with Gasteiger partial charge in [0.15, 0.2) is 5.82 Å². The second kappa shape index (κ2) is 13.0. The van der Waals surface area contributed by atoms with E-state index in [4.69, 9.17) is 15.0 Å². The maximum atomic E-state index is 5.12. The molecule has 0 atom stereocenters. The highest BCUT2D eigenvalue weighted by Gasteiger charge is 2.18. The van der Waals surface area contributed by atoms with Crippen LogP contribution in [0, 0.1) is 0 Å². The summed E-state index contributed by atoms with van der Waals surface area (Å²) >= 11 is 0. The Balaban J connectivity index is 1.05. The van der Waals surface area contributed by atoms with Gasteiger partial charge in [-0.2, -0.15) is 0 Å². The number of hydrogen-bond acceptors (Lipinski definition) is 3. The summed E-state index contributed by atoms with van der Waals surface area (Å²) in [6.07, 6.45) is 1.88. The average Bonchev–Trinajstić information content (AvgIpc) is 3.79. The number of aromatic nitrogens is 5. The Labute approximate surface area is 323 Å². The van der Waals surface area contributed by atoms with Crippen LogP contribution in [-0.4, -0.2) is 24.1 Å². The van der Waals surface area contributed by atoms with Gasteiger partial charge in [0.25, 0.3) is 0 Å². The lowest BCUT2D eigenvalue weighted by Crippen LogP contribution is -1.97. The molecule has 4 heterocycles. The molecule has 0 saturated carbocycles. The van der Waals surface area contributed by atoms with Crippen molar-refractivity contribution >= 4 is 43.7 Å². The molecule has 56 heavy (non-hydrogen) atoms. The molecule has 0 unspecified atom stereocenters. The van der Waals surface area contributed by atoms with Crippen LogP contribution in [0.15, 0.2) is 200 Å². The molecular formula is C51H33N5. The molecule has 5 heteroatoms. The molecule has 11 rings (SSSR count). The number of nitrogens with zero attached hydrogens (tertiary/aromatic N) is 5. The lowest BCUT2D eigenvalue weighted by molar-refractivity contribution is 1.16. The van der Waals surface area contributed by atoms with E-state index in [1.165, 1.54) is 10.8 Å². The zero-order valence-corrected chi connectivity index (χ0v) is 30.3. The predicted molar refractivity (Wildman–Crippen MR) is 230 cm³/mol. The van der Waals surface area contributed by atoms with Crippen LogP contribution in [0.25, 0.3) is 100 Å². The van der Waals surface area contributed by atoms with E-state index < -0.39 is 0 Å². The van der Waals surface area contributed by atoms with E-state index in [1.807, 2.05) is 48.7 Å². The summed E-state index contributed by atoms with van der Waals surface area (Å²) in [6.45, 7) is 0. The highest BCUT2D eigenvalue weighted by Crippen LogP contribution is 2.38. The normalized spacial score (nSPS) is 11.6. The molecule has 0 fully saturated rings. The second-order valence-corrected chi connectivity index (χ2v) is 14.1. The van der Waals surface area contributed by atoms with Gasteiger partial charge >= 0.3 is 0 Å². The Kier molecular flexibility index (Phi) is 7.42. The number of pyridine rings is 1. The SMILES string of the molecule is c1ccc(-c2cc(-c3cccc(-n4c5ccccc5c5cc(-c6ccc7c(c6)c6ncccc6n7-c6ccccc6)ccc54)c3)nc(-c3ccccc3)n2)cc1. The van der Waals surface area contributed by atoms with Crippen LogP contribution in [-0.2, 0) is 0 Å². The van der Waals surface area contributed by atoms with Gasteiger partial charge < -0.3 is 9.13 Å². The molecule has 0 aliphatic carbocycles. The summed E-state index contributed by atoms with van der Waals surface area (Å²) in [5.74, 6) is 0.704. The van der Waals surface area contributed by atoms with Gasteiger partial charge in [-0.1, -0.05) is 121 Å². The van der Waals surface area contributed by atoms with Gasteiger partial charge in [0, 0.05) is 50.4 Å². The molecule has 0 saturated heterocycles. The number of para-hydroxylation sites is 2. The van der Waals surface area contributed by atoms with Crippen LogP contribution in [0.1, 0.15) is 0 Å². The molecule has 7 aromatic carbocycles. The van der Waals surface area contributed by atoms with Gasteiger partial charge in [0.2, 0.25) is 0 Å². The van der Waals surface area contributed by atoms with Crippen LogP contribution in [0.2, 0.25) is 0 Å². The standard InChI is InChI=1S/C51H33N5/c1-4-14-34(15-5-1)44-33-45(54-51(53-44)35-16-6-2-7-17-35)38-18-12-21-40(30-38)56-46-23-11-10-22-41(46)42-31-36(25-27-47(42)56)37-26-28-48-43(32-37)50-49(24-13-29-52-50)55(48)39-19-8-3-9-20-39/h1-33H. The largest absolute Gasteiger partial charge is 0.309 e. The van der Waals surface area contributed by atoms with E-state index in [9.17, 15) is 0 Å². The molecule has 5 nitrogen and oxygen atoms in total. The first-order valence-corrected chi connectivity index (χ1v) is 18.9. The summed E-state index contributed by atoms with van der Waals surface area (Å²) in [5.41, 5.74) is 14.9. The van der Waals surface area contributed by atoms with Gasteiger partial charge in [-0.3, -0.25) is 4.98 Å². The van der Waals surface area contributed by atoms with Crippen molar-refractivity contribution in [1.82, 2.24) is 24.1 Å². The van der Waals surface area contributed by atoms with Gasteiger partial charge in [-0.25, -0.2) is 9.97 Å². The highest BCUT2D eigenvalue weighted by molar-refractivity contribution is 6.12. The van der Waals surface area contributed by atoms with E-state index in [0.29, 0.717) is 5.82 Å². The van der Waals surface area contributed by atoms with Crippen molar-refractivity contribution in [3.8, 4) is 56.4 Å². The molecule has 0 N–H and O–H groups in total. The third-order valence-corrected chi connectivity index (χ3v) is 10.8. The minimum absolute atomic E-state index is 0.704. The third-order valence-electron chi connectivity index (χ3n) is 10.8. The fourth-order valence-corrected chi connectivity index (χ4v) is 8.17. The van der Waals surface area contributed by atoms with Gasteiger partial charge in [0.1, 0.15) is 0 Å². The van der Waals surface area contributed by atoms with Crippen molar-refractivity contribution in [3.05, 3.63) is 200 Å². The zero-order chi connectivity index (χ0) is 37.0. The second-order valence-electron chi connectivity index (χ2n) is 14.1. The highest BCUT2D eigenvalue weighted by atomic mass is 15.0. The quantitative estimate of drug-likeness (QED) is 0.172. The number of fused-ring (bicyclic) bond motifs is 6. The van der Waals surface area contributed by atoms with Crippen LogP contribution in [0.5, 0.6) is 0 Å². The lowest BCUT2D eigenvalue weighted by Gasteiger charge is -2.12. The molecule has 0 aliphatic rings. The maximum Gasteiger partial charge on any atom is 0.160 e. The monoisotopic (exact) mass is 715 g/mol. The number of benzene rings is 7. The number of hydrogen-bond donors (Lipinski definition) is 0. The summed E-state index contributed by atoms with van der Waals surface area (Å²) in [6, 6.07) is 68.3. The fraction of sp³-hybridized carbons (Fsp3) is 0. The smallest absolute Gasteiger partial charge is 0.160 e. The Morgan fingerprint density at radius 3 is 1.64 bits per heavy atom. The van der Waals surface area contributed by atoms with E-state index in [1.54, 1.807) is 0 Å². The zero-order valence-electron chi connectivity index (χ0n) is 30.3. The van der Waals surface area contributed by atoms with Gasteiger partial charge in [0.05, 0.1) is 39.0 Å². The van der Waals surface area contributed by atoms with Crippen molar-refractivity contribution in [3.63, 3.8) is 0 Å². The van der Waals surface area contributed by atoms with Crippen molar-refractivity contribution in [1.29, 1.82) is 0 Å². The van der Waals surface area contributed by atoms with E-state index in [2.05, 4.69) is 161 Å². The first-order chi connectivity index (χ1) is 27.8. The Morgan fingerprint density at radius 2 is 0.875 bits per heavy atom. The summed E-state index contributed by atoms with van der Waals surface area (Å²) in [4.78, 5) is 15.0. The molecule has 0 amide bonds. The molecule has 0 aliphatic heterocycles. The van der Waals surface area contributed by atoms with Crippen LogP contribution in [0.3, 0.4) is 0 Å². The Bertz CT molecular complexity index is 3180. The van der Waals surface area contributed by atoms with Gasteiger partial charge in [-0.15, -0.1) is 0 Å².